The minimum absolute atomic E-state index is 0. The summed E-state index contributed by atoms with van der Waals surface area (Å²) in [5.41, 5.74) is 40.4. The molecule has 0 atom stereocenters. The van der Waals surface area contributed by atoms with E-state index in [1.165, 1.54) is 89.9 Å². The first-order valence-corrected chi connectivity index (χ1v) is 49.1. The molecular formula is C103H151FN22O10. The molecule has 13 aromatic rings. The average molecular weight is 1880 g/mol. The number of aromatic nitrogens is 14. The van der Waals surface area contributed by atoms with E-state index in [2.05, 4.69) is 87.1 Å². The maximum Gasteiger partial charge on any atom is 0.303 e. The third-order valence-corrected chi connectivity index (χ3v) is 23.1. The monoisotopic (exact) mass is 1880 g/mol. The number of halogens is 1. The van der Waals surface area contributed by atoms with Gasteiger partial charge < -0.3 is 68.1 Å². The van der Waals surface area contributed by atoms with E-state index in [9.17, 15) is 14.0 Å². The van der Waals surface area contributed by atoms with Gasteiger partial charge in [-0.25, -0.2) is 39.9 Å². The number of oxime groups is 2. The SMILES string of the molecule is C.CCC(=O)O.CCCCCCCCCCCCCCCCCc1nc(CCCCOn2c(CCCC)nc3c(N)nc4ccccc4c32)no1.CCCCc1nc2c(N)nc3ccccc3c2n1OCCCC/C(CC(=O)CC)=N/O.CCCCc1nc2c(N)nc3ccccc3c2n1OCCCC/C(N)=N/O.CCCCc1nc2c(N)nc3ccccc3c2n1OCCCCC#N.[2H]CF. The molecule has 4 aromatic carbocycles. The van der Waals surface area contributed by atoms with Crippen LogP contribution in [0.2, 0.25) is 0 Å². The molecule has 0 aliphatic heterocycles. The number of nitrogen functional groups attached to an aromatic ring is 4. The molecule has 0 unspecified atom stereocenters. The minimum Gasteiger partial charge on any atom is -0.481 e. The second kappa shape index (κ2) is 62.0. The third kappa shape index (κ3) is 33.6. The van der Waals surface area contributed by atoms with Crippen LogP contribution < -0.4 is 48.0 Å². The molecule has 0 spiro atoms. The molecule has 136 heavy (non-hydrogen) atoms. The summed E-state index contributed by atoms with van der Waals surface area (Å²) in [5, 5.41) is 48.5. The Bertz CT molecular complexity index is 5870. The Morgan fingerprint density at radius 2 is 0.728 bits per heavy atom. The number of anilines is 4. The van der Waals surface area contributed by atoms with Crippen molar-refractivity contribution in [3.63, 3.8) is 0 Å². The molecule has 13 rings (SSSR count). The van der Waals surface area contributed by atoms with Crippen molar-refractivity contribution in [2.45, 2.75) is 332 Å². The van der Waals surface area contributed by atoms with E-state index in [1.807, 2.05) is 117 Å². The normalized spacial score (nSPS) is 11.4. The summed E-state index contributed by atoms with van der Waals surface area (Å²) in [4.78, 5) is 87.2. The van der Waals surface area contributed by atoms with Gasteiger partial charge in [-0.15, -0.1) is 0 Å². The highest BCUT2D eigenvalue weighted by atomic mass is 19.1. The fraction of sp³-hybridized carbons (Fsp3) is 0.544. The molecule has 740 valence electrons. The number of carboxylic acids is 1. The number of benzene rings is 4. The number of carbonyl (C=O) groups is 2. The molecule has 32 nitrogen and oxygen atoms in total. The summed E-state index contributed by atoms with van der Waals surface area (Å²) >= 11 is 0. The van der Waals surface area contributed by atoms with Crippen LogP contribution in [-0.2, 0) is 48.1 Å². The Kier molecular flexibility index (Phi) is 49.5. The van der Waals surface area contributed by atoms with Gasteiger partial charge >= 0.3 is 5.97 Å². The number of alkyl halides is 1. The predicted molar refractivity (Wildman–Crippen MR) is 545 cm³/mol. The zero-order valence-electron chi connectivity index (χ0n) is 81.7. The van der Waals surface area contributed by atoms with Crippen molar-refractivity contribution in [2.75, 3.05) is 56.5 Å². The lowest BCUT2D eigenvalue weighted by Gasteiger charge is -2.12. The largest absolute Gasteiger partial charge is 0.481 e. The van der Waals surface area contributed by atoms with Crippen molar-refractivity contribution in [1.29, 1.82) is 5.26 Å². The van der Waals surface area contributed by atoms with Crippen molar-refractivity contribution >= 4 is 134 Å². The fourth-order valence-corrected chi connectivity index (χ4v) is 15.7. The number of hydrogen-bond acceptors (Lipinski definition) is 26. The van der Waals surface area contributed by atoms with Crippen LogP contribution in [0.15, 0.2) is 112 Å². The van der Waals surface area contributed by atoms with Gasteiger partial charge in [-0.1, -0.05) is 260 Å². The molecule has 0 fully saturated rings. The number of imidazole rings is 4. The molecule has 0 amide bonds. The third-order valence-electron chi connectivity index (χ3n) is 23.1. The van der Waals surface area contributed by atoms with E-state index in [4.69, 9.17) is 94.6 Å². The number of hydrogen-bond donors (Lipinski definition) is 8. The second-order valence-electron chi connectivity index (χ2n) is 33.7. The molecule has 9 heterocycles. The van der Waals surface area contributed by atoms with E-state index < -0.39 is 13.1 Å². The number of rotatable bonds is 55. The molecule has 0 radical (unpaired) electrons. The topological polar surface area (TPSA) is 472 Å². The van der Waals surface area contributed by atoms with Crippen LogP contribution >= 0.6 is 0 Å². The number of Topliss-reactive ketones (excluding diaryl/α,β-unsaturated/α-hetero) is 1. The van der Waals surface area contributed by atoms with Gasteiger partial charge in [0.1, 0.15) is 105 Å². The van der Waals surface area contributed by atoms with Crippen LogP contribution in [0.4, 0.5) is 27.7 Å². The quantitative estimate of drug-likeness (QED) is 0.00577. The summed E-state index contributed by atoms with van der Waals surface area (Å²) in [7, 11) is -1.00. The minimum atomic E-state index is -1.00. The highest BCUT2D eigenvalue weighted by molar-refractivity contribution is 6.09. The Labute approximate surface area is 801 Å². The molecule has 0 bridgehead atoms. The van der Waals surface area contributed by atoms with Crippen LogP contribution in [0.1, 0.15) is 330 Å². The van der Waals surface area contributed by atoms with Crippen molar-refractivity contribution in [2.24, 2.45) is 16.0 Å². The van der Waals surface area contributed by atoms with Crippen LogP contribution in [0.5, 0.6) is 0 Å². The van der Waals surface area contributed by atoms with Crippen molar-refractivity contribution in [3.05, 3.63) is 132 Å². The number of aliphatic carboxylic acids is 1. The van der Waals surface area contributed by atoms with E-state index in [0.29, 0.717) is 103 Å². The number of fused-ring (bicyclic) bond motifs is 12. The van der Waals surface area contributed by atoms with Crippen LogP contribution in [-0.4, -0.2) is 141 Å². The first-order valence-electron chi connectivity index (χ1n) is 49.8. The number of nitrogens with two attached hydrogens (primary N) is 5. The lowest BCUT2D eigenvalue weighted by Crippen LogP contribution is -2.17. The number of amidine groups is 1. The summed E-state index contributed by atoms with van der Waals surface area (Å²) < 4.78 is 28.4. The lowest BCUT2D eigenvalue weighted by atomic mass is 10.0. The van der Waals surface area contributed by atoms with Crippen molar-refractivity contribution in [3.8, 4) is 6.07 Å². The number of carboxylic acid groups (broad SMARTS) is 1. The van der Waals surface area contributed by atoms with Gasteiger partial charge in [0, 0.05) is 92.2 Å². The maximum atomic E-state index is 11.6. The number of carbonyl (C=O) groups excluding carboxylic acids is 1. The summed E-state index contributed by atoms with van der Waals surface area (Å²) in [6, 6.07) is 33.8. The Morgan fingerprint density at radius 1 is 0.419 bits per heavy atom. The van der Waals surface area contributed by atoms with Crippen LogP contribution in [0.25, 0.3) is 87.7 Å². The molecular weight excluding hydrogens is 1720 g/mol. The summed E-state index contributed by atoms with van der Waals surface area (Å²) in [6.07, 6.45) is 43.0. The molecule has 0 saturated carbocycles. The predicted octanol–water partition coefficient (Wildman–Crippen LogP) is 22.3. The summed E-state index contributed by atoms with van der Waals surface area (Å²) in [6.45, 7) is 16.4. The standard InChI is InChI=1S/C37H58N6O2.C23H31N5O3.C19H26N6O2.C19H23N5O.C3H6O2.CH3F.CH4/c1-3-5-7-8-9-10-11-12-13-14-15-16-17-18-19-28-34-40-32(42-45-34)26-22-23-29-44-43-33(27-6-4-2)41-35-36(43)30-24-20-21-25-31(30)39-37(35)38;1-3-5-13-20-26-21-22(18-11-6-7-12-19(18)25-23(21)24)28(20)31-14-9-8-10-16(27-30)15-17(29)4-2;1-2-3-11-16-23-17-18(13-8-4-5-9-14(13)22-19(17)21)25(16)27-12-7-6-10-15(20)24-26;1-2-3-11-16-23-17-18(24(16)25-13-8-4-7-12-20)14-9-5-6-10-15(14)22-19(17)21;1-2-3(4)5;1-2;/h20-21,24-25H,3-19,22-23,26-29H2,1-2H3,(H2,38,39);6-7,11-12,30H,3-5,8-10,13-15H2,1-2H3,(H2,24,25);4-5,8-9,26H,2-3,6-7,10-12H2,1H3,(H2,20,24)(H2,21,22);5-6,9-10H,2-4,7-8,11,13H2,1H3,(H2,21,22);2H2,1H3,(H,4,5);1H3;1H4/b;27-16-;;;;;/i;;;;;1D;. The number of aryl methyl sites for hydroxylation is 6. The van der Waals surface area contributed by atoms with Gasteiger partial charge in [-0.05, 0) is 114 Å². The number of unbranched alkanes of at least 4 members (excludes halogenated alkanes) is 23. The Hall–Kier alpha value is -12.8. The van der Waals surface area contributed by atoms with Gasteiger partial charge in [0.2, 0.25) is 5.89 Å². The van der Waals surface area contributed by atoms with E-state index >= 15 is 0 Å². The second-order valence-corrected chi connectivity index (χ2v) is 33.7. The van der Waals surface area contributed by atoms with E-state index in [-0.39, 0.29) is 31.9 Å². The highest BCUT2D eigenvalue weighted by Gasteiger charge is 2.24. The molecule has 0 aliphatic rings. The van der Waals surface area contributed by atoms with Gasteiger partial charge in [-0.3, -0.25) is 14.0 Å². The van der Waals surface area contributed by atoms with E-state index in [1.54, 1.807) is 6.92 Å². The number of ketones is 1. The molecule has 9 aromatic heterocycles. The van der Waals surface area contributed by atoms with Crippen molar-refractivity contribution in [1.82, 2.24) is 68.9 Å². The molecule has 0 saturated heterocycles. The fourth-order valence-electron chi connectivity index (χ4n) is 15.7. The zero-order chi connectivity index (χ0) is 97.6. The Morgan fingerprint density at radius 3 is 1.04 bits per heavy atom. The van der Waals surface area contributed by atoms with Gasteiger partial charge in [0.25, 0.3) is 0 Å². The number of pyridine rings is 4. The number of nitriles is 1. The first kappa shape index (κ1) is 109. The maximum absolute atomic E-state index is 11.6. The smallest absolute Gasteiger partial charge is 0.303 e. The van der Waals surface area contributed by atoms with Gasteiger partial charge in [0.15, 0.2) is 29.1 Å². The number of para-hydroxylation sites is 4. The van der Waals surface area contributed by atoms with Crippen molar-refractivity contribution < 1.29 is 54.7 Å². The van der Waals surface area contributed by atoms with Crippen LogP contribution in [0, 0.1) is 11.3 Å². The first-order chi connectivity index (χ1) is 66.4. The molecule has 13 N–H and O–H groups in total. The van der Waals surface area contributed by atoms with E-state index in [0.717, 1.165) is 248 Å². The number of nitrogens with zero attached hydrogens (tertiary/aromatic N) is 17. The molecule has 0 aliphatic carbocycles. The molecule has 33 heteroatoms. The van der Waals surface area contributed by atoms with Crippen LogP contribution in [0.3, 0.4) is 0 Å². The average Bonchev–Trinajstić information content (AvgIpc) is 1.64. The highest BCUT2D eigenvalue weighted by Crippen LogP contribution is 2.34. The zero-order valence-corrected chi connectivity index (χ0v) is 80.7. The Balaban J connectivity index is 0.000000247. The van der Waals surface area contributed by atoms with Gasteiger partial charge in [-0.2, -0.15) is 29.2 Å². The summed E-state index contributed by atoms with van der Waals surface area (Å²) in [5.74, 6) is 6.30. The van der Waals surface area contributed by atoms with Gasteiger partial charge in [0.05, 0.1) is 42.4 Å². The lowest BCUT2D eigenvalue weighted by molar-refractivity contribution is -0.136.